The normalized spacial score (nSPS) is 14.2. The summed E-state index contributed by atoms with van der Waals surface area (Å²) in [6.45, 7) is 3.95. The number of hydrogen-bond acceptors (Lipinski definition) is 9. The molecule has 0 aromatic carbocycles. The van der Waals surface area contributed by atoms with Crippen molar-refractivity contribution >= 4 is 47.5 Å². The number of urea groups is 1. The van der Waals surface area contributed by atoms with Gasteiger partial charge in [0.25, 0.3) is 11.8 Å². The van der Waals surface area contributed by atoms with Crippen LogP contribution >= 0.6 is 0 Å². The highest BCUT2D eigenvalue weighted by Crippen LogP contribution is 2.16. The standard InChI is InChI=1S/C30H47N5O9/c1-21(2)28(24(38)20-22(29(42)32-15-17-36)8-6-14-33-30(31)43)34-25(39)13-19-44-18-7-10-23(37)9-4-3-5-16-35-26(40)11-12-27(35)41/h11-12,17,21-22,28H,3-10,13-16,18-20H2,1-2H3,(H,32,42)(H,34,39)(H3,31,33,43)/t22-,28+/m1/s1/i17D. The van der Waals surface area contributed by atoms with E-state index >= 15 is 0 Å². The molecule has 1 aliphatic heterocycles. The molecule has 0 aliphatic carbocycles. The number of rotatable bonds is 25. The van der Waals surface area contributed by atoms with E-state index in [1.165, 1.54) is 17.1 Å². The number of Topliss-reactive ketones (excluding diaryl/α,β-unsaturated/α-hetero) is 2. The second-order valence-electron chi connectivity index (χ2n) is 10.9. The SMILES string of the molecule is [2H]C(=O)CNC(=O)[C@H](CCCNC(N)=O)CC(=O)[C@@H](NC(=O)CCOCCCC(=O)CCCCCN1C(=O)C=CC1=O)C(C)C. The summed E-state index contributed by atoms with van der Waals surface area (Å²) in [5.74, 6) is -2.98. The first-order chi connectivity index (χ1) is 21.3. The maximum Gasteiger partial charge on any atom is 0.312 e. The smallest absolute Gasteiger partial charge is 0.312 e. The van der Waals surface area contributed by atoms with Gasteiger partial charge in [-0.3, -0.25) is 33.7 Å². The topological polar surface area (TPSA) is 211 Å². The van der Waals surface area contributed by atoms with Gasteiger partial charge in [-0.15, -0.1) is 0 Å². The molecule has 0 fully saturated rings. The quantitative estimate of drug-likeness (QED) is 0.0640. The van der Waals surface area contributed by atoms with Crippen LogP contribution in [0.3, 0.4) is 0 Å². The Labute approximate surface area is 259 Å². The van der Waals surface area contributed by atoms with Crippen LogP contribution in [0.1, 0.15) is 79.4 Å². The molecule has 1 heterocycles. The van der Waals surface area contributed by atoms with Gasteiger partial charge in [-0.25, -0.2) is 4.79 Å². The minimum Gasteiger partial charge on any atom is -0.381 e. The van der Waals surface area contributed by atoms with Crippen molar-refractivity contribution in [3.63, 3.8) is 0 Å². The summed E-state index contributed by atoms with van der Waals surface area (Å²) in [6.07, 6.45) is 5.13. The summed E-state index contributed by atoms with van der Waals surface area (Å²) < 4.78 is 12.5. The lowest BCUT2D eigenvalue weighted by atomic mass is 9.89. The van der Waals surface area contributed by atoms with Crippen LogP contribution in [-0.4, -0.2) is 91.3 Å². The van der Waals surface area contributed by atoms with E-state index in [1.807, 2.05) is 0 Å². The molecule has 0 aromatic rings. The molecule has 0 aromatic heterocycles. The molecule has 44 heavy (non-hydrogen) atoms. The molecule has 0 spiro atoms. The first-order valence-electron chi connectivity index (χ1n) is 15.6. The first kappa shape index (κ1) is 36.3. The molecular weight excluding hydrogens is 574 g/mol. The van der Waals surface area contributed by atoms with E-state index in [4.69, 9.17) is 11.8 Å². The lowest BCUT2D eigenvalue weighted by Gasteiger charge is -2.24. The zero-order valence-electron chi connectivity index (χ0n) is 26.7. The molecule has 2 atom stereocenters. The Morgan fingerprint density at radius 1 is 0.955 bits per heavy atom. The summed E-state index contributed by atoms with van der Waals surface area (Å²) >= 11 is 0. The van der Waals surface area contributed by atoms with E-state index in [-0.39, 0.29) is 61.7 Å². The number of imide groups is 1. The van der Waals surface area contributed by atoms with Crippen molar-refractivity contribution in [2.24, 2.45) is 17.6 Å². The van der Waals surface area contributed by atoms with Gasteiger partial charge in [-0.05, 0) is 38.0 Å². The van der Waals surface area contributed by atoms with Crippen LogP contribution < -0.4 is 21.7 Å². The Morgan fingerprint density at radius 2 is 1.64 bits per heavy atom. The number of carbonyl (C=O) groups is 8. The van der Waals surface area contributed by atoms with Crippen molar-refractivity contribution in [3.8, 4) is 0 Å². The van der Waals surface area contributed by atoms with E-state index in [2.05, 4.69) is 16.0 Å². The number of ketones is 2. The monoisotopic (exact) mass is 622 g/mol. The van der Waals surface area contributed by atoms with Crippen molar-refractivity contribution in [1.82, 2.24) is 20.9 Å². The van der Waals surface area contributed by atoms with Gasteiger partial charge in [0, 0.05) is 63.4 Å². The highest BCUT2D eigenvalue weighted by Gasteiger charge is 2.29. The third kappa shape index (κ3) is 16.1. The zero-order chi connectivity index (χ0) is 33.8. The van der Waals surface area contributed by atoms with Crippen molar-refractivity contribution in [2.75, 3.05) is 32.8 Å². The van der Waals surface area contributed by atoms with Crippen LogP contribution in [0.15, 0.2) is 12.2 Å². The van der Waals surface area contributed by atoms with Crippen LogP contribution in [0.5, 0.6) is 0 Å². The molecule has 0 saturated carbocycles. The Morgan fingerprint density at radius 3 is 2.27 bits per heavy atom. The molecule has 14 heteroatoms. The predicted molar refractivity (Wildman–Crippen MR) is 160 cm³/mol. The minimum absolute atomic E-state index is 0.00367. The number of unbranched alkanes of at least 4 members (excludes halogenated alkanes) is 2. The minimum atomic E-state index is -0.984. The maximum absolute atomic E-state index is 13.1. The second kappa shape index (κ2) is 21.7. The van der Waals surface area contributed by atoms with Gasteiger partial charge in [0.1, 0.15) is 13.4 Å². The summed E-state index contributed by atoms with van der Waals surface area (Å²) in [7, 11) is 0. The van der Waals surface area contributed by atoms with Crippen LogP contribution in [0.25, 0.3) is 0 Å². The highest BCUT2D eigenvalue weighted by molar-refractivity contribution is 6.12. The Balaban J connectivity index is 2.34. The molecule has 0 saturated heterocycles. The fraction of sp³-hybridized carbons (Fsp3) is 0.667. The zero-order valence-corrected chi connectivity index (χ0v) is 25.7. The summed E-state index contributed by atoms with van der Waals surface area (Å²) in [6, 6.07) is -1.58. The number of primary amides is 1. The number of nitrogens with one attached hydrogen (secondary N) is 3. The maximum atomic E-state index is 13.1. The summed E-state index contributed by atoms with van der Waals surface area (Å²) in [5.41, 5.74) is 5.04. The molecule has 0 radical (unpaired) electrons. The molecule has 14 nitrogen and oxygen atoms in total. The first-order valence-corrected chi connectivity index (χ1v) is 15.1. The highest BCUT2D eigenvalue weighted by atomic mass is 16.5. The average Bonchev–Trinajstić information content (AvgIpc) is 3.29. The largest absolute Gasteiger partial charge is 0.381 e. The summed E-state index contributed by atoms with van der Waals surface area (Å²) in [5, 5.41) is 7.44. The molecule has 0 unspecified atom stereocenters. The number of aldehydes is 1. The van der Waals surface area contributed by atoms with Crippen LogP contribution in [-0.2, 0) is 38.3 Å². The molecule has 1 rings (SSSR count). The number of amides is 6. The van der Waals surface area contributed by atoms with Crippen molar-refractivity contribution in [3.05, 3.63) is 12.2 Å². The van der Waals surface area contributed by atoms with Gasteiger partial charge < -0.3 is 31.2 Å². The van der Waals surface area contributed by atoms with Crippen molar-refractivity contribution < 1.29 is 44.5 Å². The summed E-state index contributed by atoms with van der Waals surface area (Å²) in [4.78, 5) is 96.4. The third-order valence-corrected chi connectivity index (χ3v) is 6.97. The van der Waals surface area contributed by atoms with E-state index in [9.17, 15) is 38.4 Å². The van der Waals surface area contributed by atoms with E-state index in [0.29, 0.717) is 51.7 Å². The van der Waals surface area contributed by atoms with Gasteiger partial charge in [-0.2, -0.15) is 0 Å². The number of hydrogen-bond donors (Lipinski definition) is 4. The second-order valence-corrected chi connectivity index (χ2v) is 10.9. The fourth-order valence-electron chi connectivity index (χ4n) is 4.57. The Hall–Kier alpha value is -3.94. The van der Waals surface area contributed by atoms with E-state index in [0.717, 1.165) is 6.42 Å². The van der Waals surface area contributed by atoms with Crippen LogP contribution in [0.2, 0.25) is 0 Å². The Kier molecular flexibility index (Phi) is 17.9. The Bertz CT molecular complexity index is 1080. The van der Waals surface area contributed by atoms with Crippen molar-refractivity contribution in [1.29, 1.82) is 0 Å². The number of nitrogens with two attached hydrogens (primary N) is 1. The van der Waals surface area contributed by atoms with E-state index < -0.39 is 42.6 Å². The number of carbonyl (C=O) groups excluding carboxylic acids is 8. The molecule has 1 aliphatic rings. The molecule has 246 valence electrons. The van der Waals surface area contributed by atoms with Gasteiger partial charge >= 0.3 is 6.03 Å². The third-order valence-electron chi connectivity index (χ3n) is 6.97. The lowest BCUT2D eigenvalue weighted by molar-refractivity contribution is -0.137. The average molecular weight is 623 g/mol. The van der Waals surface area contributed by atoms with Gasteiger partial charge in [-0.1, -0.05) is 20.3 Å². The van der Waals surface area contributed by atoms with Crippen molar-refractivity contribution in [2.45, 2.75) is 84.1 Å². The molecule has 5 N–H and O–H groups in total. The van der Waals surface area contributed by atoms with Gasteiger partial charge in [0.15, 0.2) is 5.78 Å². The number of nitrogens with zero attached hydrogens (tertiary/aromatic N) is 1. The molecule has 0 bridgehead atoms. The van der Waals surface area contributed by atoms with E-state index in [1.54, 1.807) is 13.8 Å². The van der Waals surface area contributed by atoms with Gasteiger partial charge in [0.2, 0.25) is 11.8 Å². The van der Waals surface area contributed by atoms with Crippen LogP contribution in [0, 0.1) is 11.8 Å². The molecule has 6 amide bonds. The van der Waals surface area contributed by atoms with Crippen LogP contribution in [0.4, 0.5) is 4.79 Å². The molecular formula is C30H47N5O9. The fourth-order valence-corrected chi connectivity index (χ4v) is 4.57. The van der Waals surface area contributed by atoms with Gasteiger partial charge in [0.05, 0.1) is 19.2 Å². The number of ether oxygens (including phenoxy) is 1. The lowest BCUT2D eigenvalue weighted by Crippen LogP contribution is -2.46. The predicted octanol–water partition coefficient (Wildman–Crippen LogP) is 0.708.